The highest BCUT2D eigenvalue weighted by molar-refractivity contribution is 5.94. The molecule has 0 spiro atoms. The number of hydrogen-bond acceptors (Lipinski definition) is 5. The van der Waals surface area contributed by atoms with Crippen molar-refractivity contribution in [3.05, 3.63) is 41.7 Å². The van der Waals surface area contributed by atoms with E-state index in [1.54, 1.807) is 13.8 Å². The van der Waals surface area contributed by atoms with Gasteiger partial charge < -0.3 is 24.5 Å². The van der Waals surface area contributed by atoms with E-state index in [2.05, 4.69) is 24.1 Å². The number of nitrogens with zero attached hydrogens (tertiary/aromatic N) is 1. The summed E-state index contributed by atoms with van der Waals surface area (Å²) in [6.45, 7) is 8.65. The Bertz CT molecular complexity index is 873. The van der Waals surface area contributed by atoms with E-state index in [0.29, 0.717) is 11.3 Å². The molecule has 1 amide bonds. The van der Waals surface area contributed by atoms with Gasteiger partial charge in [-0.2, -0.15) is 0 Å². The van der Waals surface area contributed by atoms with Crippen molar-refractivity contribution in [2.24, 2.45) is 0 Å². The van der Waals surface area contributed by atoms with Crippen molar-refractivity contribution >= 4 is 17.7 Å². The van der Waals surface area contributed by atoms with Gasteiger partial charge in [0.25, 0.3) is 0 Å². The zero-order chi connectivity index (χ0) is 20.4. The zero-order valence-corrected chi connectivity index (χ0v) is 16.6. The Hall–Kier alpha value is -2.96. The van der Waals surface area contributed by atoms with Gasteiger partial charge in [-0.05, 0) is 63.9 Å². The van der Waals surface area contributed by atoms with Crippen LogP contribution in [0.1, 0.15) is 56.1 Å². The molecule has 2 aromatic rings. The fourth-order valence-electron chi connectivity index (χ4n) is 3.78. The molecule has 0 aliphatic carbocycles. The quantitative estimate of drug-likeness (QED) is 0.789. The van der Waals surface area contributed by atoms with Crippen LogP contribution < -0.4 is 10.2 Å². The summed E-state index contributed by atoms with van der Waals surface area (Å²) in [5.74, 6) is -0.735. The number of carbonyl (C=O) groups excluding carboxylic acids is 1. The number of carbonyl (C=O) groups is 2. The van der Waals surface area contributed by atoms with Gasteiger partial charge >= 0.3 is 12.1 Å². The highest BCUT2D eigenvalue weighted by Gasteiger charge is 2.31. The molecule has 7 nitrogen and oxygen atoms in total. The number of alkyl carbamates (subject to hydrolysis) is 1. The van der Waals surface area contributed by atoms with E-state index in [4.69, 9.17) is 9.15 Å². The summed E-state index contributed by atoms with van der Waals surface area (Å²) in [6, 6.07) is 7.16. The van der Waals surface area contributed by atoms with Crippen LogP contribution in [-0.4, -0.2) is 35.9 Å². The second kappa shape index (κ2) is 7.96. The van der Waals surface area contributed by atoms with Gasteiger partial charge in [0.05, 0.1) is 18.4 Å². The van der Waals surface area contributed by atoms with E-state index in [0.717, 1.165) is 24.2 Å². The van der Waals surface area contributed by atoms with E-state index in [1.165, 1.54) is 12.3 Å². The maximum absolute atomic E-state index is 12.2. The molecule has 7 heteroatoms. The molecule has 0 saturated carbocycles. The fraction of sp³-hybridized carbons (Fsp3) is 0.429. The molecule has 0 bridgehead atoms. The number of fused-ring (bicyclic) bond motifs is 1. The number of furan rings is 1. The highest BCUT2D eigenvalue weighted by Crippen LogP contribution is 2.40. The number of anilines is 1. The Morgan fingerprint density at radius 3 is 2.75 bits per heavy atom. The molecule has 1 aliphatic heterocycles. The largest absolute Gasteiger partial charge is 0.478 e. The van der Waals surface area contributed by atoms with Crippen LogP contribution in [0.5, 0.6) is 0 Å². The number of aromatic carboxylic acids is 1. The number of ether oxygens (including phenoxy) is 1. The van der Waals surface area contributed by atoms with Gasteiger partial charge in [-0.15, -0.1) is 0 Å². The molecule has 2 unspecified atom stereocenters. The molecule has 0 fully saturated rings. The Morgan fingerprint density at radius 1 is 1.36 bits per heavy atom. The van der Waals surface area contributed by atoms with Crippen molar-refractivity contribution in [3.63, 3.8) is 0 Å². The summed E-state index contributed by atoms with van der Waals surface area (Å²) in [5.41, 5.74) is 2.71. The van der Waals surface area contributed by atoms with Gasteiger partial charge in [0.15, 0.2) is 0 Å². The van der Waals surface area contributed by atoms with Crippen molar-refractivity contribution in [2.75, 3.05) is 11.4 Å². The number of benzene rings is 1. The first-order valence-corrected chi connectivity index (χ1v) is 9.50. The van der Waals surface area contributed by atoms with Crippen molar-refractivity contribution in [2.45, 2.75) is 52.3 Å². The van der Waals surface area contributed by atoms with Crippen LogP contribution in [0.2, 0.25) is 0 Å². The number of nitrogens with one attached hydrogen (secondary N) is 1. The third kappa shape index (κ3) is 3.83. The second-order valence-corrected chi connectivity index (χ2v) is 7.26. The molecule has 1 aromatic heterocycles. The molecule has 3 rings (SSSR count). The molecule has 2 heterocycles. The molecule has 1 aliphatic rings. The van der Waals surface area contributed by atoms with Gasteiger partial charge in [0, 0.05) is 23.8 Å². The van der Waals surface area contributed by atoms with Crippen LogP contribution in [0.4, 0.5) is 10.5 Å². The van der Waals surface area contributed by atoms with Crippen LogP contribution in [-0.2, 0) is 4.74 Å². The van der Waals surface area contributed by atoms with Gasteiger partial charge in [-0.3, -0.25) is 0 Å². The number of amides is 1. The minimum Gasteiger partial charge on any atom is -0.478 e. The van der Waals surface area contributed by atoms with E-state index >= 15 is 0 Å². The van der Waals surface area contributed by atoms with Crippen molar-refractivity contribution in [1.82, 2.24) is 5.32 Å². The van der Waals surface area contributed by atoms with E-state index in [9.17, 15) is 14.7 Å². The SMILES string of the molecule is CCN1c2ccc(-c3occc3C(=O)O)cc2C(NC(=O)OC(C)C)CC1C. The average Bonchev–Trinajstić information content (AvgIpc) is 3.11. The Labute approximate surface area is 164 Å². The zero-order valence-electron chi connectivity index (χ0n) is 16.6. The smallest absolute Gasteiger partial charge is 0.407 e. The van der Waals surface area contributed by atoms with Crippen molar-refractivity contribution < 1.29 is 23.8 Å². The van der Waals surface area contributed by atoms with Gasteiger partial charge in [0.2, 0.25) is 0 Å². The summed E-state index contributed by atoms with van der Waals surface area (Å²) in [4.78, 5) is 25.9. The van der Waals surface area contributed by atoms with E-state index in [-0.39, 0.29) is 23.8 Å². The summed E-state index contributed by atoms with van der Waals surface area (Å²) >= 11 is 0. The molecule has 150 valence electrons. The Morgan fingerprint density at radius 2 is 2.11 bits per heavy atom. The van der Waals surface area contributed by atoms with Gasteiger partial charge in [-0.25, -0.2) is 9.59 Å². The molecule has 2 atom stereocenters. The number of rotatable bonds is 5. The first-order valence-electron chi connectivity index (χ1n) is 9.50. The van der Waals surface area contributed by atoms with Crippen LogP contribution in [0.25, 0.3) is 11.3 Å². The molecular weight excluding hydrogens is 360 g/mol. The normalized spacial score (nSPS) is 18.7. The van der Waals surface area contributed by atoms with Gasteiger partial charge in [0.1, 0.15) is 11.3 Å². The summed E-state index contributed by atoms with van der Waals surface area (Å²) in [5, 5.41) is 12.3. The summed E-state index contributed by atoms with van der Waals surface area (Å²) in [7, 11) is 0. The first-order chi connectivity index (χ1) is 13.3. The maximum Gasteiger partial charge on any atom is 0.407 e. The lowest BCUT2D eigenvalue weighted by molar-refractivity contribution is 0.0697. The molecule has 0 radical (unpaired) electrons. The van der Waals surface area contributed by atoms with Crippen LogP contribution >= 0.6 is 0 Å². The number of carboxylic acid groups (broad SMARTS) is 1. The Kier molecular flexibility index (Phi) is 5.63. The minimum absolute atomic E-state index is 0.111. The maximum atomic E-state index is 12.2. The van der Waals surface area contributed by atoms with Crippen LogP contribution in [0, 0.1) is 0 Å². The lowest BCUT2D eigenvalue weighted by atomic mass is 9.89. The highest BCUT2D eigenvalue weighted by atomic mass is 16.6. The monoisotopic (exact) mass is 386 g/mol. The third-order valence-electron chi connectivity index (χ3n) is 4.95. The van der Waals surface area contributed by atoms with E-state index in [1.807, 2.05) is 18.2 Å². The number of carboxylic acids is 1. The lowest BCUT2D eigenvalue weighted by Gasteiger charge is -2.40. The molecule has 1 aromatic carbocycles. The molecular formula is C21H26N2O5. The predicted molar refractivity (Wildman–Crippen MR) is 106 cm³/mol. The van der Waals surface area contributed by atoms with E-state index < -0.39 is 12.1 Å². The standard InChI is InChI=1S/C21H26N2O5/c1-5-23-13(4)10-17(22-21(26)28-12(2)3)16-11-14(6-7-18(16)23)19-15(20(24)25)8-9-27-19/h6-9,11-13,17H,5,10H2,1-4H3,(H,22,26)(H,24,25). The molecule has 2 N–H and O–H groups in total. The topological polar surface area (TPSA) is 92.0 Å². The number of hydrogen-bond donors (Lipinski definition) is 2. The molecule has 0 saturated heterocycles. The van der Waals surface area contributed by atoms with Crippen LogP contribution in [0.3, 0.4) is 0 Å². The van der Waals surface area contributed by atoms with Crippen LogP contribution in [0.15, 0.2) is 34.9 Å². The van der Waals surface area contributed by atoms with Crippen molar-refractivity contribution in [1.29, 1.82) is 0 Å². The summed E-state index contributed by atoms with van der Waals surface area (Å²) < 4.78 is 10.7. The van der Waals surface area contributed by atoms with Gasteiger partial charge in [-0.1, -0.05) is 0 Å². The second-order valence-electron chi connectivity index (χ2n) is 7.26. The third-order valence-corrected chi connectivity index (χ3v) is 4.95. The van der Waals surface area contributed by atoms with Crippen molar-refractivity contribution in [3.8, 4) is 11.3 Å². The first kappa shape index (κ1) is 19.8. The fourth-order valence-corrected chi connectivity index (χ4v) is 3.78. The predicted octanol–water partition coefficient (Wildman–Crippen LogP) is 4.44. The summed E-state index contributed by atoms with van der Waals surface area (Å²) in [6.07, 6.45) is 1.42. The molecule has 28 heavy (non-hydrogen) atoms. The minimum atomic E-state index is -1.04. The Balaban J connectivity index is 2.02. The lowest BCUT2D eigenvalue weighted by Crippen LogP contribution is -2.43. The average molecular weight is 386 g/mol.